The van der Waals surface area contributed by atoms with Crippen molar-refractivity contribution in [3.8, 4) is 22.3 Å². The van der Waals surface area contributed by atoms with Gasteiger partial charge in [0.1, 0.15) is 46.5 Å². The monoisotopic (exact) mass is 1370 g/mol. The molecule has 12 heteroatoms. The van der Waals surface area contributed by atoms with E-state index in [0.29, 0.717) is 45.5 Å². The molecule has 0 atom stereocenters. The van der Waals surface area contributed by atoms with Crippen LogP contribution in [-0.2, 0) is 0 Å². The number of nitrogens with zero attached hydrogens (tertiary/aromatic N) is 4. The van der Waals surface area contributed by atoms with Gasteiger partial charge >= 0.3 is 0 Å². The van der Waals surface area contributed by atoms with Gasteiger partial charge in [-0.25, -0.2) is 35.1 Å². The largest absolute Gasteiger partial charge is 0.307 e. The van der Waals surface area contributed by atoms with E-state index in [2.05, 4.69) is 0 Å². The average molecular weight is 1370 g/mol. The van der Waals surface area contributed by atoms with Crippen molar-refractivity contribution in [1.29, 1.82) is 0 Å². The zero-order chi connectivity index (χ0) is 70.7. The molecule has 0 spiro atoms. The number of benzene rings is 18. The van der Waals surface area contributed by atoms with Gasteiger partial charge in [-0.3, -0.25) is 0 Å². The summed E-state index contributed by atoms with van der Waals surface area (Å²) in [5.74, 6) is -5.41. The van der Waals surface area contributed by atoms with Crippen molar-refractivity contribution in [2.24, 2.45) is 0 Å². The van der Waals surface area contributed by atoms with Crippen LogP contribution in [0, 0.1) is 46.5 Å². The Balaban J connectivity index is 0.000000158. The van der Waals surface area contributed by atoms with E-state index < -0.39 is 46.5 Å². The second-order valence-corrected chi connectivity index (χ2v) is 25.4. The number of hydrogen-bond donors (Lipinski definition) is 0. The Hall–Kier alpha value is -13.3. The first-order valence-corrected chi connectivity index (χ1v) is 33.7. The number of rotatable bonds is 14. The predicted octanol–water partition coefficient (Wildman–Crippen LogP) is 27.5. The highest BCUT2D eigenvalue weighted by Gasteiger charge is 2.28. The van der Waals surface area contributed by atoms with Gasteiger partial charge in [-0.1, -0.05) is 194 Å². The van der Waals surface area contributed by atoms with Crippen molar-refractivity contribution in [2.75, 3.05) is 19.6 Å². The molecule has 18 rings (SSSR count). The Morgan fingerprint density at radius 3 is 0.606 bits per heavy atom. The molecule has 4 nitrogen and oxygen atoms in total. The van der Waals surface area contributed by atoms with Crippen molar-refractivity contribution in [3.05, 3.63) is 386 Å². The summed E-state index contributed by atoms with van der Waals surface area (Å²) in [6.07, 6.45) is 0. The van der Waals surface area contributed by atoms with E-state index >= 15 is 17.6 Å². The molecule has 18 aromatic carbocycles. The van der Waals surface area contributed by atoms with Crippen molar-refractivity contribution < 1.29 is 35.1 Å². The molecular formula is C92H56F8N4. The second kappa shape index (κ2) is 26.6. The van der Waals surface area contributed by atoms with Gasteiger partial charge in [-0.2, -0.15) is 0 Å². The van der Waals surface area contributed by atoms with Gasteiger partial charge in [0.2, 0.25) is 0 Å². The minimum absolute atomic E-state index is 0.196. The number of para-hydroxylation sites is 2. The van der Waals surface area contributed by atoms with Crippen LogP contribution in [0.25, 0.3) is 86.9 Å². The van der Waals surface area contributed by atoms with Crippen molar-refractivity contribution >= 4 is 133 Å². The van der Waals surface area contributed by atoms with Crippen LogP contribution < -0.4 is 19.6 Å². The zero-order valence-electron chi connectivity index (χ0n) is 55.1. The summed E-state index contributed by atoms with van der Waals surface area (Å²) in [5, 5.41) is 11.0. The maximum Gasteiger partial charge on any atom is 0.150 e. The summed E-state index contributed by atoms with van der Waals surface area (Å²) in [5.41, 5.74) is 10.6. The third-order valence-corrected chi connectivity index (χ3v) is 19.3. The Morgan fingerprint density at radius 2 is 0.365 bits per heavy atom. The minimum Gasteiger partial charge on any atom is -0.307 e. The molecule has 0 aliphatic rings. The van der Waals surface area contributed by atoms with Crippen molar-refractivity contribution in [2.45, 2.75) is 0 Å². The molecule has 0 fully saturated rings. The number of halogens is 8. The molecule has 0 saturated carbocycles. The molecule has 104 heavy (non-hydrogen) atoms. The molecule has 0 radical (unpaired) electrons. The summed E-state index contributed by atoms with van der Waals surface area (Å²) in [7, 11) is 0. The van der Waals surface area contributed by atoms with E-state index in [-0.39, 0.29) is 22.7 Å². The first kappa shape index (κ1) is 64.1. The smallest absolute Gasteiger partial charge is 0.150 e. The SMILES string of the molecule is Fc1ccc(N(c2ccc(-c3ccccc3)cc2)c2ccc3ccc4c(N(c5ccc(-c6ccccc6)cc5)c5ccc(F)cc5F)ccc5ccc2c3c54)c(F)c1.Fc1ccc(N(c2ccccc2)c2ccc3ccc4c(N(c5ccccc5)c5ccc(F)cc5F)ccc5ccc2c3c54)c(F)c1. The second-order valence-electron chi connectivity index (χ2n) is 25.4. The van der Waals surface area contributed by atoms with E-state index in [1.165, 1.54) is 48.5 Å². The van der Waals surface area contributed by atoms with Crippen molar-refractivity contribution in [3.63, 3.8) is 0 Å². The van der Waals surface area contributed by atoms with Gasteiger partial charge in [-0.15, -0.1) is 0 Å². The molecule has 0 aliphatic carbocycles. The third kappa shape index (κ3) is 11.6. The highest BCUT2D eigenvalue weighted by atomic mass is 19.2. The fourth-order valence-corrected chi connectivity index (χ4v) is 14.6. The highest BCUT2D eigenvalue weighted by molar-refractivity contribution is 6.30. The molecule has 0 N–H and O–H groups in total. The van der Waals surface area contributed by atoms with E-state index in [1.807, 2.05) is 277 Å². The Kier molecular flexibility index (Phi) is 16.4. The zero-order valence-corrected chi connectivity index (χ0v) is 55.1. The summed E-state index contributed by atoms with van der Waals surface area (Å²) >= 11 is 0. The van der Waals surface area contributed by atoms with Crippen LogP contribution in [-0.4, -0.2) is 0 Å². The van der Waals surface area contributed by atoms with Crippen LogP contribution in [0.15, 0.2) is 340 Å². The average Bonchev–Trinajstić information content (AvgIpc) is 0.725. The molecule has 0 saturated heterocycles. The maximum atomic E-state index is 15.9. The molecule has 0 unspecified atom stereocenters. The van der Waals surface area contributed by atoms with E-state index in [4.69, 9.17) is 0 Å². The van der Waals surface area contributed by atoms with E-state index in [1.54, 1.807) is 9.80 Å². The first-order chi connectivity index (χ1) is 50.9. The van der Waals surface area contributed by atoms with Crippen LogP contribution in [0.3, 0.4) is 0 Å². The molecule has 500 valence electrons. The van der Waals surface area contributed by atoms with Crippen LogP contribution in [0.4, 0.5) is 103 Å². The Bertz CT molecular complexity index is 5840. The molecular weight excluding hydrogens is 1310 g/mol. The van der Waals surface area contributed by atoms with Gasteiger partial charge < -0.3 is 19.6 Å². The van der Waals surface area contributed by atoms with Crippen LogP contribution in [0.2, 0.25) is 0 Å². The Morgan fingerprint density at radius 1 is 0.163 bits per heavy atom. The normalized spacial score (nSPS) is 11.5. The lowest BCUT2D eigenvalue weighted by atomic mass is 9.91. The van der Waals surface area contributed by atoms with Gasteiger partial charge in [-0.05, 0) is 187 Å². The fraction of sp³-hybridized carbons (Fsp3) is 0. The minimum atomic E-state index is -0.699. The van der Waals surface area contributed by atoms with Crippen molar-refractivity contribution in [1.82, 2.24) is 0 Å². The standard InChI is InChI=1S/C52H32F4N2.C40H24F4N2/c53-39-19-29-49(45(55)31-39)57(41-21-11-35(12-22-41)33-7-3-1-4-8-33)47-27-17-37-16-26-44-48(28-18-38-15-25-43(47)51(37)52(38)44)58(50-30-20-40(54)32-46(50)56)42-23-13-36(14-24-42)34-9-5-2-6-10-34;41-27-15-21-37(33(43)23-27)45(29-7-3-1-4-8-29)35-19-13-25-12-18-32-36(20-14-26-11-17-31(35)39(25)40(26)32)46(30-9-5-2-6-10-30)38-22-16-28(42)24-34(38)44/h1-32H;1-24H. The van der Waals surface area contributed by atoms with Gasteiger partial charge in [0.15, 0.2) is 0 Å². The number of anilines is 12. The molecule has 0 aromatic heterocycles. The van der Waals surface area contributed by atoms with Gasteiger partial charge in [0.25, 0.3) is 0 Å². The quantitative estimate of drug-likeness (QED) is 0.0795. The summed E-state index contributed by atoms with van der Waals surface area (Å²) < 4.78 is 120. The number of hydrogen-bond acceptors (Lipinski definition) is 4. The highest BCUT2D eigenvalue weighted by Crippen LogP contribution is 2.51. The van der Waals surface area contributed by atoms with E-state index in [0.717, 1.165) is 111 Å². The lowest BCUT2D eigenvalue weighted by Crippen LogP contribution is -2.13. The predicted molar refractivity (Wildman–Crippen MR) is 410 cm³/mol. The summed E-state index contributed by atoms with van der Waals surface area (Å²) in [4.78, 5) is 7.24. The van der Waals surface area contributed by atoms with Crippen LogP contribution in [0.1, 0.15) is 0 Å². The van der Waals surface area contributed by atoms with E-state index in [9.17, 15) is 17.6 Å². The molecule has 18 aromatic rings. The molecule has 0 amide bonds. The first-order valence-electron chi connectivity index (χ1n) is 33.7. The Labute approximate surface area is 592 Å². The molecule has 0 aliphatic heterocycles. The third-order valence-electron chi connectivity index (χ3n) is 19.3. The van der Waals surface area contributed by atoms with Gasteiger partial charge in [0, 0.05) is 68.6 Å². The lowest BCUT2D eigenvalue weighted by molar-refractivity contribution is 0.583. The maximum absolute atomic E-state index is 15.9. The topological polar surface area (TPSA) is 13.0 Å². The van der Waals surface area contributed by atoms with Crippen LogP contribution >= 0.6 is 0 Å². The summed E-state index contributed by atoms with van der Waals surface area (Å²) in [6, 6.07) is 101. The molecule has 0 bridgehead atoms. The molecule has 0 heterocycles. The summed E-state index contributed by atoms with van der Waals surface area (Å²) in [6.45, 7) is 0. The lowest BCUT2D eigenvalue weighted by Gasteiger charge is -2.29. The fourth-order valence-electron chi connectivity index (χ4n) is 14.6. The van der Waals surface area contributed by atoms with Crippen LogP contribution in [0.5, 0.6) is 0 Å². The van der Waals surface area contributed by atoms with Gasteiger partial charge in [0.05, 0.1) is 45.5 Å².